The van der Waals surface area contributed by atoms with Crippen LogP contribution in [-0.2, 0) is 14.3 Å². The van der Waals surface area contributed by atoms with E-state index in [0.717, 1.165) is 12.8 Å². The number of amides is 1. The Labute approximate surface area is 258 Å². The van der Waals surface area contributed by atoms with Gasteiger partial charge < -0.3 is 36.1 Å². The third kappa shape index (κ3) is 6.54. The molecule has 0 unspecified atom stereocenters. The molecule has 3 aromatic rings. The number of esters is 1. The fraction of sp³-hybridized carbons (Fsp3) is 0.464. The van der Waals surface area contributed by atoms with E-state index in [2.05, 4.69) is 43.2 Å². The molecule has 5 N–H and O–H groups in total. The molecular formula is C28H32ClN11O4. The number of ether oxygens (including phenoxy) is 2. The number of hydrogen-bond donors (Lipinski definition) is 4. The summed E-state index contributed by atoms with van der Waals surface area (Å²) >= 11 is 6.93. The van der Waals surface area contributed by atoms with E-state index in [1.54, 1.807) is 12.1 Å². The molecule has 2 aliphatic rings. The number of benzene rings is 1. The standard InChI is InChI=1S/C28H32ClN11O4/c1-14(2)23(32)26(41)44-21-13-39(7-6-18(21)36-28(42)43-3)20-9-15(10-30)8-19(22(20)29)35-27-37-24(34-16-4-5-16)25-33-12-17(11-31)40(25)38-27/h8-9,12,14,16,18,21,23H,4-7,13,32H2,1-3H3,(H,36,42)(H2,34,35,37,38)/t18-,21-,23+/m1/s1. The highest BCUT2D eigenvalue weighted by Gasteiger charge is 2.36. The molecule has 0 spiro atoms. The predicted molar refractivity (Wildman–Crippen MR) is 160 cm³/mol. The molecule has 1 saturated heterocycles. The van der Waals surface area contributed by atoms with E-state index in [1.165, 1.54) is 17.8 Å². The lowest BCUT2D eigenvalue weighted by Crippen LogP contribution is -2.57. The number of anilines is 4. The summed E-state index contributed by atoms with van der Waals surface area (Å²) in [6.07, 6.45) is 2.35. The van der Waals surface area contributed by atoms with Crippen LogP contribution in [0.15, 0.2) is 18.3 Å². The van der Waals surface area contributed by atoms with E-state index < -0.39 is 30.3 Å². The number of alkyl carbamates (subject to hydrolysis) is 1. The molecule has 1 aromatic carbocycles. The van der Waals surface area contributed by atoms with Crippen LogP contribution in [0.4, 0.5) is 27.9 Å². The summed E-state index contributed by atoms with van der Waals surface area (Å²) in [5, 5.41) is 33.3. The number of piperidine rings is 1. The monoisotopic (exact) mass is 621 g/mol. The quantitative estimate of drug-likeness (QED) is 0.254. The summed E-state index contributed by atoms with van der Waals surface area (Å²) in [5.74, 6) is -0.156. The number of nitrogens with zero attached hydrogens (tertiary/aromatic N) is 7. The Bertz CT molecular complexity index is 1660. The molecule has 3 heterocycles. The van der Waals surface area contributed by atoms with E-state index in [-0.39, 0.29) is 35.2 Å². The van der Waals surface area contributed by atoms with Crippen LogP contribution >= 0.6 is 11.6 Å². The van der Waals surface area contributed by atoms with Crippen molar-refractivity contribution >= 4 is 52.5 Å². The predicted octanol–water partition coefficient (Wildman–Crippen LogP) is 2.67. The largest absolute Gasteiger partial charge is 0.457 e. The summed E-state index contributed by atoms with van der Waals surface area (Å²) in [5.41, 5.74) is 7.82. The van der Waals surface area contributed by atoms with Crippen LogP contribution in [0.5, 0.6) is 0 Å². The number of rotatable bonds is 9. The average Bonchev–Trinajstić information content (AvgIpc) is 3.73. The number of methoxy groups -OCH3 is 1. The first kappa shape index (κ1) is 30.6. The third-order valence-electron chi connectivity index (χ3n) is 7.47. The molecule has 0 radical (unpaired) electrons. The number of nitrogens with two attached hydrogens (primary N) is 1. The van der Waals surface area contributed by atoms with Gasteiger partial charge in [0, 0.05) is 12.6 Å². The summed E-state index contributed by atoms with van der Waals surface area (Å²) in [6, 6.07) is 6.29. The van der Waals surface area contributed by atoms with Crippen molar-refractivity contribution in [2.75, 3.05) is 35.7 Å². The van der Waals surface area contributed by atoms with E-state index in [9.17, 15) is 20.1 Å². The Morgan fingerprint density at radius 2 is 1.98 bits per heavy atom. The van der Waals surface area contributed by atoms with Gasteiger partial charge in [-0.25, -0.2) is 9.78 Å². The van der Waals surface area contributed by atoms with Crippen LogP contribution in [-0.4, -0.2) is 76.1 Å². The summed E-state index contributed by atoms with van der Waals surface area (Å²) in [4.78, 5) is 35.6. The molecule has 16 heteroatoms. The fourth-order valence-corrected chi connectivity index (χ4v) is 5.05. The lowest BCUT2D eigenvalue weighted by atomic mass is 9.99. The Hall–Kier alpha value is -4.86. The minimum atomic E-state index is -0.848. The van der Waals surface area contributed by atoms with Crippen molar-refractivity contribution in [1.82, 2.24) is 24.9 Å². The van der Waals surface area contributed by atoms with Gasteiger partial charge in [-0.15, -0.1) is 5.10 Å². The lowest BCUT2D eigenvalue weighted by molar-refractivity contribution is -0.153. The van der Waals surface area contributed by atoms with Crippen molar-refractivity contribution in [3.63, 3.8) is 0 Å². The van der Waals surface area contributed by atoms with Crippen molar-refractivity contribution in [2.45, 2.75) is 57.3 Å². The van der Waals surface area contributed by atoms with Crippen molar-refractivity contribution in [2.24, 2.45) is 11.7 Å². The Balaban J connectivity index is 1.46. The number of aromatic nitrogens is 4. The first-order chi connectivity index (χ1) is 21.1. The average molecular weight is 622 g/mol. The molecule has 44 heavy (non-hydrogen) atoms. The number of imidazole rings is 1. The van der Waals surface area contributed by atoms with Crippen LogP contribution < -0.4 is 26.6 Å². The Kier molecular flexibility index (Phi) is 8.89. The maximum atomic E-state index is 12.8. The fourth-order valence-electron chi connectivity index (χ4n) is 4.77. The molecule has 15 nitrogen and oxygen atoms in total. The van der Waals surface area contributed by atoms with Gasteiger partial charge in [0.05, 0.1) is 53.9 Å². The van der Waals surface area contributed by atoms with E-state index >= 15 is 0 Å². The molecule has 0 bridgehead atoms. The molecule has 1 amide bonds. The maximum Gasteiger partial charge on any atom is 0.407 e. The number of fused-ring (bicyclic) bond motifs is 1. The number of halogens is 1. The molecule has 230 valence electrons. The second-order valence-electron chi connectivity index (χ2n) is 11.0. The van der Waals surface area contributed by atoms with Gasteiger partial charge >= 0.3 is 12.1 Å². The number of carbonyl (C=O) groups excluding carboxylic acids is 2. The van der Waals surface area contributed by atoms with Gasteiger partial charge in [-0.3, -0.25) is 4.79 Å². The second kappa shape index (κ2) is 12.8. The third-order valence-corrected chi connectivity index (χ3v) is 7.87. The second-order valence-corrected chi connectivity index (χ2v) is 11.4. The molecule has 3 atom stereocenters. The first-order valence-corrected chi connectivity index (χ1v) is 14.5. The van der Waals surface area contributed by atoms with Gasteiger partial charge in [-0.05, 0) is 37.3 Å². The number of nitriles is 2. The minimum absolute atomic E-state index is 0.133. The van der Waals surface area contributed by atoms with E-state index in [4.69, 9.17) is 26.8 Å². The highest BCUT2D eigenvalue weighted by atomic mass is 35.5. The van der Waals surface area contributed by atoms with Gasteiger partial charge in [0.1, 0.15) is 18.2 Å². The van der Waals surface area contributed by atoms with Gasteiger partial charge in [0.2, 0.25) is 5.95 Å². The number of hydrogen-bond acceptors (Lipinski definition) is 13. The SMILES string of the molecule is COC(=O)N[C@@H]1CCN(c2cc(C#N)cc(Nc3nc(NC4CC4)c4ncc(C#N)n4n3)c2Cl)C[C@H]1OC(=O)[C@@H](N)C(C)C. The maximum absolute atomic E-state index is 12.8. The van der Waals surface area contributed by atoms with Crippen LogP contribution in [0.2, 0.25) is 5.02 Å². The molecule has 1 aliphatic heterocycles. The van der Waals surface area contributed by atoms with Crippen LogP contribution in [0.25, 0.3) is 5.65 Å². The zero-order chi connectivity index (χ0) is 31.5. The van der Waals surface area contributed by atoms with Crippen molar-refractivity contribution in [3.8, 4) is 12.1 Å². The number of nitrogens with one attached hydrogen (secondary N) is 3. The molecule has 5 rings (SSSR count). The Morgan fingerprint density at radius 1 is 1.20 bits per heavy atom. The van der Waals surface area contributed by atoms with Crippen molar-refractivity contribution in [3.05, 3.63) is 34.6 Å². The van der Waals surface area contributed by atoms with Gasteiger partial charge in [0.25, 0.3) is 0 Å². The van der Waals surface area contributed by atoms with Crippen LogP contribution in [0, 0.1) is 28.6 Å². The summed E-state index contributed by atoms with van der Waals surface area (Å²) < 4.78 is 11.9. The first-order valence-electron chi connectivity index (χ1n) is 14.1. The van der Waals surface area contributed by atoms with E-state index in [1.807, 2.05) is 18.7 Å². The molecular weight excluding hydrogens is 590 g/mol. The zero-order valence-corrected chi connectivity index (χ0v) is 25.1. The highest BCUT2D eigenvalue weighted by Crippen LogP contribution is 2.38. The van der Waals surface area contributed by atoms with Gasteiger partial charge in [0.15, 0.2) is 17.2 Å². The van der Waals surface area contributed by atoms with Gasteiger partial charge in [-0.1, -0.05) is 25.4 Å². The van der Waals surface area contributed by atoms with E-state index in [0.29, 0.717) is 41.4 Å². The molecule has 1 aliphatic carbocycles. The molecule has 2 fully saturated rings. The van der Waals surface area contributed by atoms with Crippen molar-refractivity contribution in [1.29, 1.82) is 10.5 Å². The topological polar surface area (TPSA) is 209 Å². The summed E-state index contributed by atoms with van der Waals surface area (Å²) in [7, 11) is 1.25. The molecule has 1 saturated carbocycles. The normalized spacial score (nSPS) is 18.7. The van der Waals surface area contributed by atoms with Crippen LogP contribution in [0.3, 0.4) is 0 Å². The number of carbonyl (C=O) groups is 2. The zero-order valence-electron chi connectivity index (χ0n) is 24.4. The molecule has 2 aromatic heterocycles. The highest BCUT2D eigenvalue weighted by molar-refractivity contribution is 6.36. The smallest absolute Gasteiger partial charge is 0.407 e. The van der Waals surface area contributed by atoms with Gasteiger partial charge in [-0.2, -0.15) is 20.0 Å². The minimum Gasteiger partial charge on any atom is -0.457 e. The lowest BCUT2D eigenvalue weighted by Gasteiger charge is -2.40. The Morgan fingerprint density at radius 3 is 2.64 bits per heavy atom. The van der Waals surface area contributed by atoms with Crippen LogP contribution in [0.1, 0.15) is 44.4 Å². The van der Waals surface area contributed by atoms with Crippen molar-refractivity contribution < 1.29 is 19.1 Å². The summed E-state index contributed by atoms with van der Waals surface area (Å²) in [6.45, 7) is 4.18.